The molecule has 0 radical (unpaired) electrons. The molecule has 0 unspecified atom stereocenters. The summed E-state index contributed by atoms with van der Waals surface area (Å²) >= 11 is 5.85. The third kappa shape index (κ3) is 2.97. The van der Waals surface area contributed by atoms with E-state index in [-0.39, 0.29) is 19.4 Å². The molecule has 90 valence electrons. The SMILES string of the molecule is NS(=O)(=O)c1ccc(-c2ncc(CCl)[se]2)cc1. The molecule has 0 amide bonds. The number of alkyl halides is 1. The van der Waals surface area contributed by atoms with Gasteiger partial charge in [-0.1, -0.05) is 0 Å². The van der Waals surface area contributed by atoms with Gasteiger partial charge in [0.05, 0.1) is 0 Å². The molecule has 0 saturated carbocycles. The fraction of sp³-hybridized carbons (Fsp3) is 0.100. The van der Waals surface area contributed by atoms with Gasteiger partial charge in [-0.05, 0) is 0 Å². The molecule has 1 aromatic carbocycles. The molecule has 0 saturated heterocycles. The molecule has 0 aliphatic heterocycles. The number of sulfonamides is 1. The Bertz CT molecular complexity index is 622. The van der Waals surface area contributed by atoms with Crippen molar-refractivity contribution >= 4 is 36.1 Å². The van der Waals surface area contributed by atoms with E-state index in [1.165, 1.54) is 12.1 Å². The summed E-state index contributed by atoms with van der Waals surface area (Å²) in [5.41, 5.74) is 0.911. The number of benzene rings is 1. The second kappa shape index (κ2) is 4.92. The molecular formula is C10H9ClN2O2SSe. The van der Waals surface area contributed by atoms with Crippen molar-refractivity contribution in [1.29, 1.82) is 0 Å². The Morgan fingerprint density at radius 2 is 1.94 bits per heavy atom. The molecule has 7 heteroatoms. The number of aromatic nitrogens is 1. The van der Waals surface area contributed by atoms with Gasteiger partial charge in [0.25, 0.3) is 0 Å². The zero-order chi connectivity index (χ0) is 12.5. The molecule has 2 aromatic rings. The predicted molar refractivity (Wildman–Crippen MR) is 67.5 cm³/mol. The minimum absolute atomic E-state index is 0.109. The first-order valence-electron chi connectivity index (χ1n) is 4.64. The van der Waals surface area contributed by atoms with E-state index < -0.39 is 10.0 Å². The van der Waals surface area contributed by atoms with E-state index in [1.54, 1.807) is 18.3 Å². The van der Waals surface area contributed by atoms with Crippen LogP contribution in [0.5, 0.6) is 0 Å². The Morgan fingerprint density at radius 3 is 2.41 bits per heavy atom. The van der Waals surface area contributed by atoms with Crippen LogP contribution in [0.2, 0.25) is 0 Å². The van der Waals surface area contributed by atoms with Crippen LogP contribution in [0.15, 0.2) is 35.4 Å². The van der Waals surface area contributed by atoms with Gasteiger partial charge in [-0.2, -0.15) is 0 Å². The quantitative estimate of drug-likeness (QED) is 0.676. The van der Waals surface area contributed by atoms with Crippen LogP contribution in [-0.2, 0) is 15.9 Å². The van der Waals surface area contributed by atoms with Crippen molar-refractivity contribution in [3.05, 3.63) is 34.9 Å². The zero-order valence-electron chi connectivity index (χ0n) is 8.63. The zero-order valence-corrected chi connectivity index (χ0v) is 11.9. The number of nitrogens with zero attached hydrogens (tertiary/aromatic N) is 1. The maximum absolute atomic E-state index is 11.1. The van der Waals surface area contributed by atoms with E-state index in [4.69, 9.17) is 16.7 Å². The molecule has 1 aromatic heterocycles. The molecule has 2 N–H and O–H groups in total. The second-order valence-corrected chi connectivity index (χ2v) is 7.50. The van der Waals surface area contributed by atoms with Gasteiger partial charge in [0, 0.05) is 0 Å². The fourth-order valence-electron chi connectivity index (χ4n) is 1.29. The van der Waals surface area contributed by atoms with Crippen LogP contribution in [-0.4, -0.2) is 27.9 Å². The van der Waals surface area contributed by atoms with Crippen molar-refractivity contribution in [2.24, 2.45) is 5.14 Å². The maximum atomic E-state index is 11.1. The normalized spacial score (nSPS) is 11.6. The third-order valence-corrected chi connectivity index (χ3v) is 5.89. The molecule has 2 rings (SSSR count). The second-order valence-electron chi connectivity index (χ2n) is 3.33. The van der Waals surface area contributed by atoms with Crippen LogP contribution in [0, 0.1) is 0 Å². The first-order valence-corrected chi connectivity index (χ1v) is 8.44. The number of nitrogens with two attached hydrogens (primary N) is 1. The summed E-state index contributed by atoms with van der Waals surface area (Å²) in [6, 6.07) is 6.40. The van der Waals surface area contributed by atoms with Crippen LogP contribution >= 0.6 is 11.6 Å². The van der Waals surface area contributed by atoms with Gasteiger partial charge in [-0.3, -0.25) is 0 Å². The average Bonchev–Trinajstić information content (AvgIpc) is 2.76. The molecule has 4 nitrogen and oxygen atoms in total. The summed E-state index contributed by atoms with van der Waals surface area (Å²) in [4.78, 5) is 4.38. The number of hydrogen-bond donors (Lipinski definition) is 1. The molecular weight excluding hydrogens is 327 g/mol. The first-order chi connectivity index (χ1) is 8.00. The average molecular weight is 336 g/mol. The van der Waals surface area contributed by atoms with Crippen LogP contribution in [0.3, 0.4) is 0 Å². The van der Waals surface area contributed by atoms with Gasteiger partial charge < -0.3 is 0 Å². The van der Waals surface area contributed by atoms with Crippen molar-refractivity contribution in [3.63, 3.8) is 0 Å². The minimum atomic E-state index is -3.63. The van der Waals surface area contributed by atoms with Gasteiger partial charge in [0.2, 0.25) is 0 Å². The van der Waals surface area contributed by atoms with Crippen molar-refractivity contribution < 1.29 is 8.42 Å². The predicted octanol–water partition coefficient (Wildman–Crippen LogP) is 1.19. The van der Waals surface area contributed by atoms with Gasteiger partial charge in [0.1, 0.15) is 0 Å². The summed E-state index contributed by atoms with van der Waals surface area (Å²) in [6.07, 6.45) is 1.77. The number of halogens is 1. The number of primary sulfonamides is 1. The molecule has 0 aliphatic carbocycles. The molecule has 0 bridgehead atoms. The molecule has 0 spiro atoms. The van der Waals surface area contributed by atoms with E-state index >= 15 is 0 Å². The standard InChI is InChI=1S/C10H9ClN2O2SSe/c11-5-9-6-13-10(17-9)7-1-3-8(4-2-7)16(12,14)15/h1-4,6H,5H2,(H2,12,14,15). The van der Waals surface area contributed by atoms with Crippen molar-refractivity contribution in [2.45, 2.75) is 10.8 Å². The fourth-order valence-corrected chi connectivity index (χ4v) is 3.77. The molecule has 1 heterocycles. The number of rotatable bonds is 3. The van der Waals surface area contributed by atoms with Crippen molar-refractivity contribution in [2.75, 3.05) is 0 Å². The van der Waals surface area contributed by atoms with E-state index in [0.29, 0.717) is 5.88 Å². The van der Waals surface area contributed by atoms with E-state index in [2.05, 4.69) is 4.98 Å². The third-order valence-electron chi connectivity index (χ3n) is 2.12. The molecule has 0 atom stereocenters. The van der Waals surface area contributed by atoms with Crippen LogP contribution in [0.1, 0.15) is 4.44 Å². The van der Waals surface area contributed by atoms with Gasteiger partial charge in [0.15, 0.2) is 0 Å². The van der Waals surface area contributed by atoms with Crippen molar-refractivity contribution in [1.82, 2.24) is 4.98 Å². The Hall–Kier alpha value is -0.651. The summed E-state index contributed by atoms with van der Waals surface area (Å²) in [5.74, 6) is 0.488. The molecule has 0 aliphatic rings. The van der Waals surface area contributed by atoms with E-state index in [0.717, 1.165) is 14.6 Å². The molecule has 17 heavy (non-hydrogen) atoms. The molecule has 0 fully saturated rings. The van der Waals surface area contributed by atoms with Crippen LogP contribution in [0.25, 0.3) is 10.1 Å². The van der Waals surface area contributed by atoms with E-state index in [1.807, 2.05) is 0 Å². The topological polar surface area (TPSA) is 73.1 Å². The Balaban J connectivity index is 2.35. The Labute approximate surface area is 110 Å². The van der Waals surface area contributed by atoms with E-state index in [9.17, 15) is 8.42 Å². The monoisotopic (exact) mass is 336 g/mol. The summed E-state index contributed by atoms with van der Waals surface area (Å²) in [7, 11) is -3.63. The van der Waals surface area contributed by atoms with Gasteiger partial charge in [-0.25, -0.2) is 0 Å². The van der Waals surface area contributed by atoms with Crippen LogP contribution in [0.4, 0.5) is 0 Å². The van der Waals surface area contributed by atoms with Crippen LogP contribution < -0.4 is 5.14 Å². The Morgan fingerprint density at radius 1 is 1.29 bits per heavy atom. The first kappa shape index (κ1) is 12.8. The van der Waals surface area contributed by atoms with Gasteiger partial charge >= 0.3 is 110 Å². The summed E-state index contributed by atoms with van der Waals surface area (Å²) in [6.45, 7) is 0. The summed E-state index contributed by atoms with van der Waals surface area (Å²) in [5, 5.41) is 5.02. The number of hydrogen-bond acceptors (Lipinski definition) is 3. The summed E-state index contributed by atoms with van der Waals surface area (Å²) < 4.78 is 24.2. The van der Waals surface area contributed by atoms with Gasteiger partial charge in [-0.15, -0.1) is 0 Å². The Kier molecular flexibility index (Phi) is 3.70. The van der Waals surface area contributed by atoms with Crippen molar-refractivity contribution in [3.8, 4) is 10.1 Å².